The standard InChI is InChI=1S/C13H23N3O2/c1-14-10-3-5-11(6-4-10)16(2)13(18)9-7-12(17)15-8-9/h9-11,14H,3-8H2,1-2H3,(H,15,17). The summed E-state index contributed by atoms with van der Waals surface area (Å²) in [6, 6.07) is 0.942. The zero-order chi connectivity index (χ0) is 13.1. The van der Waals surface area contributed by atoms with Crippen LogP contribution in [0.1, 0.15) is 32.1 Å². The minimum atomic E-state index is -0.149. The number of carbonyl (C=O) groups is 2. The van der Waals surface area contributed by atoms with Gasteiger partial charge in [-0.3, -0.25) is 9.59 Å². The lowest BCUT2D eigenvalue weighted by Crippen LogP contribution is -2.45. The zero-order valence-corrected chi connectivity index (χ0v) is 11.2. The Bertz CT molecular complexity index is 324. The fraction of sp³-hybridized carbons (Fsp3) is 0.846. The number of rotatable bonds is 3. The Labute approximate surface area is 108 Å². The van der Waals surface area contributed by atoms with Gasteiger partial charge in [-0.25, -0.2) is 0 Å². The number of carbonyl (C=O) groups excluding carboxylic acids is 2. The van der Waals surface area contributed by atoms with E-state index in [2.05, 4.69) is 10.6 Å². The largest absolute Gasteiger partial charge is 0.355 e. The van der Waals surface area contributed by atoms with E-state index in [1.807, 2.05) is 19.0 Å². The molecule has 1 saturated carbocycles. The Morgan fingerprint density at radius 1 is 1.33 bits per heavy atom. The van der Waals surface area contributed by atoms with Crippen LogP contribution in [-0.2, 0) is 9.59 Å². The van der Waals surface area contributed by atoms with Crippen LogP contribution in [0.2, 0.25) is 0 Å². The summed E-state index contributed by atoms with van der Waals surface area (Å²) in [6.07, 6.45) is 4.72. The highest BCUT2D eigenvalue weighted by atomic mass is 16.2. The van der Waals surface area contributed by atoms with Gasteiger partial charge in [0.05, 0.1) is 5.92 Å². The van der Waals surface area contributed by atoms with Crippen molar-refractivity contribution in [2.75, 3.05) is 20.6 Å². The van der Waals surface area contributed by atoms with Gasteiger partial charge in [0.1, 0.15) is 0 Å². The molecule has 1 unspecified atom stereocenters. The van der Waals surface area contributed by atoms with Crippen LogP contribution in [0.4, 0.5) is 0 Å². The Hall–Kier alpha value is -1.10. The summed E-state index contributed by atoms with van der Waals surface area (Å²) in [5.41, 5.74) is 0. The van der Waals surface area contributed by atoms with E-state index in [-0.39, 0.29) is 17.7 Å². The second kappa shape index (κ2) is 5.69. The predicted octanol–water partition coefficient (Wildman–Crippen LogP) is 0.112. The molecule has 0 spiro atoms. The van der Waals surface area contributed by atoms with Crippen LogP contribution in [0.5, 0.6) is 0 Å². The molecule has 2 N–H and O–H groups in total. The molecule has 0 aromatic carbocycles. The van der Waals surface area contributed by atoms with E-state index in [4.69, 9.17) is 0 Å². The molecule has 0 radical (unpaired) electrons. The maximum absolute atomic E-state index is 12.3. The van der Waals surface area contributed by atoms with Crippen LogP contribution < -0.4 is 10.6 Å². The lowest BCUT2D eigenvalue weighted by Gasteiger charge is -2.35. The number of nitrogens with one attached hydrogen (secondary N) is 2. The highest BCUT2D eigenvalue weighted by molar-refractivity contribution is 5.89. The first-order valence-electron chi connectivity index (χ1n) is 6.82. The normalized spacial score (nSPS) is 32.1. The van der Waals surface area contributed by atoms with Gasteiger partial charge < -0.3 is 15.5 Å². The van der Waals surface area contributed by atoms with Crippen molar-refractivity contribution in [2.24, 2.45) is 5.92 Å². The second-order valence-electron chi connectivity index (χ2n) is 5.45. The molecule has 1 aliphatic heterocycles. The second-order valence-corrected chi connectivity index (χ2v) is 5.45. The summed E-state index contributed by atoms with van der Waals surface area (Å²) < 4.78 is 0. The van der Waals surface area contributed by atoms with E-state index in [1.54, 1.807) is 0 Å². The SMILES string of the molecule is CNC1CCC(N(C)C(=O)C2CNC(=O)C2)CC1. The molecule has 1 heterocycles. The summed E-state index contributed by atoms with van der Waals surface area (Å²) >= 11 is 0. The zero-order valence-electron chi connectivity index (χ0n) is 11.2. The van der Waals surface area contributed by atoms with E-state index in [1.165, 1.54) is 0 Å². The smallest absolute Gasteiger partial charge is 0.227 e. The van der Waals surface area contributed by atoms with Crippen LogP contribution in [-0.4, -0.2) is 49.4 Å². The molecule has 2 rings (SSSR count). The van der Waals surface area contributed by atoms with Gasteiger partial charge >= 0.3 is 0 Å². The van der Waals surface area contributed by atoms with Crippen LogP contribution >= 0.6 is 0 Å². The molecule has 18 heavy (non-hydrogen) atoms. The van der Waals surface area contributed by atoms with Crippen molar-refractivity contribution < 1.29 is 9.59 Å². The van der Waals surface area contributed by atoms with Crippen LogP contribution in [0.25, 0.3) is 0 Å². The molecule has 0 aromatic heterocycles. The average Bonchev–Trinajstić information content (AvgIpc) is 2.84. The van der Waals surface area contributed by atoms with E-state index < -0.39 is 0 Å². The maximum atomic E-state index is 12.3. The third-order valence-corrected chi connectivity index (χ3v) is 4.33. The molecular formula is C13H23N3O2. The van der Waals surface area contributed by atoms with Crippen LogP contribution in [0.3, 0.4) is 0 Å². The van der Waals surface area contributed by atoms with Crippen molar-refractivity contribution in [1.82, 2.24) is 15.5 Å². The van der Waals surface area contributed by atoms with Gasteiger partial charge in [-0.1, -0.05) is 0 Å². The number of hydrogen-bond donors (Lipinski definition) is 2. The minimum absolute atomic E-state index is 0.000594. The Kier molecular flexibility index (Phi) is 4.22. The van der Waals surface area contributed by atoms with Crippen molar-refractivity contribution >= 4 is 11.8 Å². The summed E-state index contributed by atoms with van der Waals surface area (Å²) in [4.78, 5) is 25.3. The third kappa shape index (κ3) is 2.83. The van der Waals surface area contributed by atoms with Gasteiger partial charge in [-0.15, -0.1) is 0 Å². The molecule has 2 amide bonds. The van der Waals surface area contributed by atoms with Crippen LogP contribution in [0.15, 0.2) is 0 Å². The first-order chi connectivity index (χ1) is 8.61. The van der Waals surface area contributed by atoms with Gasteiger partial charge in [0.25, 0.3) is 0 Å². The highest BCUT2D eigenvalue weighted by Crippen LogP contribution is 2.24. The number of nitrogens with zero attached hydrogens (tertiary/aromatic N) is 1. The van der Waals surface area contributed by atoms with E-state index in [0.717, 1.165) is 25.7 Å². The van der Waals surface area contributed by atoms with Crippen molar-refractivity contribution in [3.63, 3.8) is 0 Å². The molecule has 1 saturated heterocycles. The molecule has 0 aromatic rings. The lowest BCUT2D eigenvalue weighted by atomic mass is 9.90. The molecule has 2 fully saturated rings. The maximum Gasteiger partial charge on any atom is 0.227 e. The molecule has 1 aliphatic carbocycles. The van der Waals surface area contributed by atoms with Crippen molar-refractivity contribution in [1.29, 1.82) is 0 Å². The number of hydrogen-bond acceptors (Lipinski definition) is 3. The molecule has 2 aliphatic rings. The first kappa shape index (κ1) is 13.3. The Morgan fingerprint density at radius 2 is 2.00 bits per heavy atom. The van der Waals surface area contributed by atoms with E-state index in [0.29, 0.717) is 25.0 Å². The molecule has 1 atom stereocenters. The topological polar surface area (TPSA) is 61.4 Å². The molecule has 5 nitrogen and oxygen atoms in total. The van der Waals surface area contributed by atoms with Crippen molar-refractivity contribution in [3.8, 4) is 0 Å². The van der Waals surface area contributed by atoms with E-state index in [9.17, 15) is 9.59 Å². The number of amides is 2. The third-order valence-electron chi connectivity index (χ3n) is 4.33. The first-order valence-corrected chi connectivity index (χ1v) is 6.82. The highest BCUT2D eigenvalue weighted by Gasteiger charge is 2.33. The van der Waals surface area contributed by atoms with Gasteiger partial charge in [0, 0.05) is 32.1 Å². The summed E-state index contributed by atoms with van der Waals surface area (Å²) in [7, 11) is 3.88. The average molecular weight is 253 g/mol. The molecule has 102 valence electrons. The quantitative estimate of drug-likeness (QED) is 0.750. The Morgan fingerprint density at radius 3 is 2.50 bits per heavy atom. The predicted molar refractivity (Wildman–Crippen MR) is 69.0 cm³/mol. The van der Waals surface area contributed by atoms with Gasteiger partial charge in [0.15, 0.2) is 0 Å². The fourth-order valence-corrected chi connectivity index (χ4v) is 3.00. The van der Waals surface area contributed by atoms with Crippen molar-refractivity contribution in [3.05, 3.63) is 0 Å². The fourth-order valence-electron chi connectivity index (χ4n) is 3.00. The van der Waals surface area contributed by atoms with Gasteiger partial charge in [-0.2, -0.15) is 0 Å². The summed E-state index contributed by atoms with van der Waals surface area (Å²) in [5.74, 6) is -0.0218. The lowest BCUT2D eigenvalue weighted by molar-refractivity contribution is -0.137. The molecule has 5 heteroatoms. The van der Waals surface area contributed by atoms with Gasteiger partial charge in [-0.05, 0) is 32.7 Å². The van der Waals surface area contributed by atoms with Crippen LogP contribution in [0, 0.1) is 5.92 Å². The molecular weight excluding hydrogens is 230 g/mol. The summed E-state index contributed by atoms with van der Waals surface area (Å²) in [5, 5.41) is 6.02. The minimum Gasteiger partial charge on any atom is -0.355 e. The van der Waals surface area contributed by atoms with Crippen molar-refractivity contribution in [2.45, 2.75) is 44.2 Å². The monoisotopic (exact) mass is 253 g/mol. The summed E-state index contributed by atoms with van der Waals surface area (Å²) in [6.45, 7) is 0.508. The molecule has 0 bridgehead atoms. The van der Waals surface area contributed by atoms with Gasteiger partial charge in [0.2, 0.25) is 11.8 Å². The Balaban J connectivity index is 1.85. The van der Waals surface area contributed by atoms with E-state index >= 15 is 0 Å².